The minimum absolute atomic E-state index is 0.574. The quantitative estimate of drug-likeness (QED) is 0.418. The molecule has 0 fully saturated rings. The number of aromatic nitrogens is 2. The molecule has 24 heavy (non-hydrogen) atoms. The van der Waals surface area contributed by atoms with Crippen LogP contribution in [0.25, 0.3) is 21.7 Å². The van der Waals surface area contributed by atoms with E-state index in [0.717, 1.165) is 0 Å². The lowest BCUT2D eigenvalue weighted by molar-refractivity contribution is 0.836. The second-order valence-corrected chi connectivity index (χ2v) is 6.91. The van der Waals surface area contributed by atoms with Crippen molar-refractivity contribution in [3.63, 3.8) is 0 Å². The van der Waals surface area contributed by atoms with Crippen LogP contribution in [0.3, 0.4) is 0 Å². The molecule has 4 rings (SSSR count). The molecule has 0 amide bonds. The molecule has 4 aromatic rings. The van der Waals surface area contributed by atoms with Crippen molar-refractivity contribution >= 4 is 21.7 Å². The average molecular weight is 318 g/mol. The van der Waals surface area contributed by atoms with E-state index in [1.54, 1.807) is 0 Å². The van der Waals surface area contributed by atoms with Crippen molar-refractivity contribution in [2.24, 2.45) is 0 Å². The number of para-hydroxylation sites is 1. The van der Waals surface area contributed by atoms with Crippen LogP contribution >= 0.6 is 0 Å². The fraction of sp³-hybridized carbons (Fsp3) is 0.273. The number of rotatable bonds is 2. The van der Waals surface area contributed by atoms with Gasteiger partial charge in [-0.2, -0.15) is 0 Å². The highest BCUT2D eigenvalue weighted by atomic mass is 14.7. The van der Waals surface area contributed by atoms with Crippen LogP contribution in [0.1, 0.15) is 50.9 Å². The van der Waals surface area contributed by atoms with Crippen LogP contribution < -0.4 is 0 Å². The van der Waals surface area contributed by atoms with Gasteiger partial charge >= 0.3 is 0 Å². The number of H-pyrrole nitrogens is 2. The molecular formula is C22H26N2. The second-order valence-electron chi connectivity index (χ2n) is 6.91. The van der Waals surface area contributed by atoms with Crippen molar-refractivity contribution in [3.05, 3.63) is 72.2 Å². The fourth-order valence-electron chi connectivity index (χ4n) is 2.99. The Labute approximate surface area is 143 Å². The molecule has 2 aromatic carbocycles. The molecule has 124 valence electrons. The van der Waals surface area contributed by atoms with Crippen molar-refractivity contribution in [2.75, 3.05) is 0 Å². The van der Waals surface area contributed by atoms with Gasteiger partial charge in [-0.1, -0.05) is 70.2 Å². The third kappa shape index (κ3) is 3.38. The summed E-state index contributed by atoms with van der Waals surface area (Å²) in [5, 5.41) is 3.97. The van der Waals surface area contributed by atoms with Crippen LogP contribution in [0, 0.1) is 0 Å². The first-order chi connectivity index (χ1) is 11.6. The summed E-state index contributed by atoms with van der Waals surface area (Å²) in [4.78, 5) is 6.71. The van der Waals surface area contributed by atoms with Crippen LogP contribution in [-0.4, -0.2) is 9.97 Å². The summed E-state index contributed by atoms with van der Waals surface area (Å²) >= 11 is 0. The maximum absolute atomic E-state index is 3.40. The van der Waals surface area contributed by atoms with Gasteiger partial charge in [-0.3, -0.25) is 0 Å². The topological polar surface area (TPSA) is 31.6 Å². The Kier molecular flexibility index (Phi) is 4.75. The molecule has 2 N–H and O–H groups in total. The molecular weight excluding hydrogens is 292 g/mol. The summed E-state index contributed by atoms with van der Waals surface area (Å²) in [5.41, 5.74) is 3.89. The third-order valence-electron chi connectivity index (χ3n) is 4.38. The molecule has 0 aliphatic carbocycles. The van der Waals surface area contributed by atoms with Crippen molar-refractivity contribution in [3.8, 4) is 0 Å². The Morgan fingerprint density at radius 2 is 1.42 bits per heavy atom. The van der Waals surface area contributed by atoms with Gasteiger partial charge in [-0.15, -0.1) is 0 Å². The van der Waals surface area contributed by atoms with Crippen LogP contribution in [0.4, 0.5) is 0 Å². The van der Waals surface area contributed by atoms with E-state index in [2.05, 4.69) is 98.5 Å². The Bertz CT molecular complexity index is 884. The van der Waals surface area contributed by atoms with E-state index < -0.39 is 0 Å². The zero-order valence-corrected chi connectivity index (χ0v) is 14.9. The minimum atomic E-state index is 0.574. The first-order valence-electron chi connectivity index (χ1n) is 8.70. The summed E-state index contributed by atoms with van der Waals surface area (Å²) in [6.45, 7) is 8.81. The SMILES string of the molecule is CC(C)c1[nH]cc2ccccc12.CC(C)c1cc2ccccc2[nH]1. The van der Waals surface area contributed by atoms with Gasteiger partial charge in [0.2, 0.25) is 0 Å². The molecule has 0 unspecified atom stereocenters. The molecule has 0 bridgehead atoms. The first-order valence-corrected chi connectivity index (χ1v) is 8.70. The van der Waals surface area contributed by atoms with E-state index in [0.29, 0.717) is 11.8 Å². The minimum Gasteiger partial charge on any atom is -0.364 e. The number of hydrogen-bond donors (Lipinski definition) is 2. The first kappa shape index (κ1) is 16.4. The van der Waals surface area contributed by atoms with Crippen molar-refractivity contribution in [2.45, 2.75) is 39.5 Å². The predicted octanol–water partition coefficient (Wildman–Crippen LogP) is 6.58. The number of nitrogens with one attached hydrogen (secondary N) is 2. The molecule has 2 nitrogen and oxygen atoms in total. The van der Waals surface area contributed by atoms with Gasteiger partial charge < -0.3 is 9.97 Å². The molecule has 0 aliphatic rings. The van der Waals surface area contributed by atoms with E-state index in [9.17, 15) is 0 Å². The van der Waals surface area contributed by atoms with Gasteiger partial charge in [0, 0.05) is 28.5 Å². The maximum Gasteiger partial charge on any atom is 0.0456 e. The largest absolute Gasteiger partial charge is 0.364 e. The number of benzene rings is 2. The summed E-state index contributed by atoms with van der Waals surface area (Å²) in [6.07, 6.45) is 2.07. The second kappa shape index (κ2) is 6.96. The van der Waals surface area contributed by atoms with Gasteiger partial charge in [-0.05, 0) is 34.7 Å². The third-order valence-corrected chi connectivity index (χ3v) is 4.38. The highest BCUT2D eigenvalue weighted by Gasteiger charge is 2.05. The molecule has 0 radical (unpaired) electrons. The van der Waals surface area contributed by atoms with Crippen molar-refractivity contribution in [1.29, 1.82) is 0 Å². The average Bonchev–Trinajstić information content (AvgIpc) is 3.19. The number of hydrogen-bond acceptors (Lipinski definition) is 0. The molecule has 2 heterocycles. The predicted molar refractivity (Wildman–Crippen MR) is 105 cm³/mol. The standard InChI is InChI=1S/2C11H13N/c1-8(2)11-10-6-4-3-5-9(10)7-12-11;1-8(2)11-7-9-5-3-4-6-10(9)12-11/h2*3-8,12H,1-2H3. The lowest BCUT2D eigenvalue weighted by atomic mass is 10.1. The molecule has 0 atom stereocenters. The smallest absolute Gasteiger partial charge is 0.0456 e. The normalized spacial score (nSPS) is 11.2. The lowest BCUT2D eigenvalue weighted by Gasteiger charge is -2.01. The molecule has 2 aromatic heterocycles. The van der Waals surface area contributed by atoms with Gasteiger partial charge in [0.05, 0.1) is 0 Å². The van der Waals surface area contributed by atoms with Crippen LogP contribution in [0.15, 0.2) is 60.8 Å². The summed E-state index contributed by atoms with van der Waals surface area (Å²) in [5.74, 6) is 1.15. The summed E-state index contributed by atoms with van der Waals surface area (Å²) in [7, 11) is 0. The van der Waals surface area contributed by atoms with Crippen molar-refractivity contribution < 1.29 is 0 Å². The Morgan fingerprint density at radius 1 is 0.750 bits per heavy atom. The zero-order chi connectivity index (χ0) is 17.1. The highest BCUT2D eigenvalue weighted by molar-refractivity contribution is 5.85. The van der Waals surface area contributed by atoms with Gasteiger partial charge in [0.25, 0.3) is 0 Å². The van der Waals surface area contributed by atoms with Crippen LogP contribution in [-0.2, 0) is 0 Å². The molecule has 0 saturated carbocycles. The molecule has 0 saturated heterocycles. The Balaban J connectivity index is 0.000000141. The fourth-order valence-corrected chi connectivity index (χ4v) is 2.99. The van der Waals surface area contributed by atoms with Crippen LogP contribution in [0.2, 0.25) is 0 Å². The molecule has 2 heteroatoms. The van der Waals surface area contributed by atoms with E-state index in [1.165, 1.54) is 33.1 Å². The van der Waals surface area contributed by atoms with Gasteiger partial charge in [0.15, 0.2) is 0 Å². The van der Waals surface area contributed by atoms with Crippen molar-refractivity contribution in [1.82, 2.24) is 9.97 Å². The molecule has 0 aliphatic heterocycles. The number of aromatic amines is 2. The Hall–Kier alpha value is -2.48. The van der Waals surface area contributed by atoms with E-state index >= 15 is 0 Å². The van der Waals surface area contributed by atoms with E-state index in [4.69, 9.17) is 0 Å². The van der Waals surface area contributed by atoms with E-state index in [-0.39, 0.29) is 0 Å². The Morgan fingerprint density at radius 3 is 2.08 bits per heavy atom. The van der Waals surface area contributed by atoms with E-state index in [1.807, 2.05) is 0 Å². The highest BCUT2D eigenvalue weighted by Crippen LogP contribution is 2.23. The summed E-state index contributed by atoms with van der Waals surface area (Å²) < 4.78 is 0. The monoisotopic (exact) mass is 318 g/mol. The summed E-state index contributed by atoms with van der Waals surface area (Å²) in [6, 6.07) is 19.1. The lowest BCUT2D eigenvalue weighted by Crippen LogP contribution is -1.86. The zero-order valence-electron chi connectivity index (χ0n) is 14.9. The maximum atomic E-state index is 3.40. The van der Waals surface area contributed by atoms with Gasteiger partial charge in [-0.25, -0.2) is 0 Å². The van der Waals surface area contributed by atoms with Crippen LogP contribution in [0.5, 0.6) is 0 Å². The molecule has 0 spiro atoms. The number of fused-ring (bicyclic) bond motifs is 2. The van der Waals surface area contributed by atoms with Gasteiger partial charge in [0.1, 0.15) is 0 Å².